The third kappa shape index (κ3) is 3.59. The Kier molecular flexibility index (Phi) is 4.62. The van der Waals surface area contributed by atoms with Crippen molar-refractivity contribution in [1.29, 1.82) is 0 Å². The summed E-state index contributed by atoms with van der Waals surface area (Å²) in [5.74, 6) is 0.720. The maximum atomic E-state index is 10.5. The van der Waals surface area contributed by atoms with Crippen LogP contribution in [0.2, 0.25) is 23.2 Å². The number of hydrogen-bond donors (Lipinski definition) is 0. The van der Waals surface area contributed by atoms with Crippen molar-refractivity contribution in [3.05, 3.63) is 28.8 Å². The molecular weight excluding hydrogens is 264 g/mol. The van der Waals surface area contributed by atoms with Crippen LogP contribution in [-0.2, 0) is 11.2 Å². The lowest BCUT2D eigenvalue weighted by molar-refractivity contribution is -0.107. The van der Waals surface area contributed by atoms with Crippen molar-refractivity contribution in [3.63, 3.8) is 0 Å². The van der Waals surface area contributed by atoms with Gasteiger partial charge in [-0.15, -0.1) is 0 Å². The fourth-order valence-electron chi connectivity index (χ4n) is 1.28. The van der Waals surface area contributed by atoms with Gasteiger partial charge in [-0.2, -0.15) is 0 Å². The molecule has 1 rings (SSSR count). The van der Waals surface area contributed by atoms with E-state index < -0.39 is 8.32 Å². The van der Waals surface area contributed by atoms with Crippen LogP contribution in [0.5, 0.6) is 5.75 Å². The highest BCUT2D eigenvalue weighted by atomic mass is 35.5. The molecule has 100 valence electrons. The summed E-state index contributed by atoms with van der Waals surface area (Å²) >= 11 is 6.20. The van der Waals surface area contributed by atoms with Crippen LogP contribution in [0, 0.1) is 0 Å². The van der Waals surface area contributed by atoms with Crippen LogP contribution < -0.4 is 4.43 Å². The molecule has 0 aliphatic rings. The van der Waals surface area contributed by atoms with E-state index in [2.05, 4.69) is 33.9 Å². The molecule has 0 aliphatic carbocycles. The summed E-state index contributed by atoms with van der Waals surface area (Å²) in [6.07, 6.45) is 1.26. The molecule has 0 spiro atoms. The van der Waals surface area contributed by atoms with Gasteiger partial charge in [-0.3, -0.25) is 0 Å². The number of rotatable bonds is 4. The molecule has 2 nitrogen and oxygen atoms in total. The van der Waals surface area contributed by atoms with Crippen molar-refractivity contribution in [2.24, 2.45) is 0 Å². The lowest BCUT2D eigenvalue weighted by Gasteiger charge is -2.36. The van der Waals surface area contributed by atoms with Crippen LogP contribution >= 0.6 is 11.6 Å². The first-order valence-corrected chi connectivity index (χ1v) is 9.37. The van der Waals surface area contributed by atoms with Crippen LogP contribution in [0.1, 0.15) is 26.3 Å². The van der Waals surface area contributed by atoms with Gasteiger partial charge >= 0.3 is 0 Å². The van der Waals surface area contributed by atoms with Crippen molar-refractivity contribution in [2.75, 3.05) is 0 Å². The molecule has 0 aromatic heterocycles. The van der Waals surface area contributed by atoms with E-state index in [0.29, 0.717) is 11.4 Å². The predicted molar refractivity (Wildman–Crippen MR) is 79.0 cm³/mol. The zero-order valence-corrected chi connectivity index (χ0v) is 13.5. The number of carbonyl (C=O) groups excluding carboxylic acids is 1. The minimum Gasteiger partial charge on any atom is -0.543 e. The van der Waals surface area contributed by atoms with Crippen molar-refractivity contribution in [2.45, 2.75) is 45.3 Å². The topological polar surface area (TPSA) is 26.3 Å². The molecule has 0 radical (unpaired) electrons. The summed E-state index contributed by atoms with van der Waals surface area (Å²) in [6.45, 7) is 10.9. The predicted octanol–water partition coefficient (Wildman–Crippen LogP) is 4.47. The molecule has 0 bridgehead atoms. The first-order chi connectivity index (χ1) is 8.17. The van der Waals surface area contributed by atoms with Crippen LogP contribution in [0.25, 0.3) is 0 Å². The minimum absolute atomic E-state index is 0.137. The van der Waals surface area contributed by atoms with Gasteiger partial charge in [-0.05, 0) is 35.8 Å². The monoisotopic (exact) mass is 284 g/mol. The maximum Gasteiger partial charge on any atom is 0.250 e. The molecule has 0 atom stereocenters. The average molecular weight is 285 g/mol. The number of benzene rings is 1. The highest BCUT2D eigenvalue weighted by Crippen LogP contribution is 2.39. The van der Waals surface area contributed by atoms with Gasteiger partial charge < -0.3 is 9.22 Å². The van der Waals surface area contributed by atoms with E-state index in [1.807, 2.05) is 12.1 Å². The summed E-state index contributed by atoms with van der Waals surface area (Å²) in [6, 6.07) is 5.56. The summed E-state index contributed by atoms with van der Waals surface area (Å²) in [5.41, 5.74) is 0.914. The van der Waals surface area contributed by atoms with Crippen molar-refractivity contribution in [3.8, 4) is 5.75 Å². The Labute approximate surface area is 115 Å². The minimum atomic E-state index is -1.87. The van der Waals surface area contributed by atoms with Crippen LogP contribution in [0.4, 0.5) is 0 Å². The summed E-state index contributed by atoms with van der Waals surface area (Å²) in [7, 11) is -1.87. The average Bonchev–Trinajstić information content (AvgIpc) is 2.21. The zero-order valence-electron chi connectivity index (χ0n) is 11.7. The van der Waals surface area contributed by atoms with Gasteiger partial charge in [0.1, 0.15) is 12.0 Å². The zero-order chi connectivity index (χ0) is 14.0. The molecular formula is C14H21ClO2Si. The maximum absolute atomic E-state index is 10.5. The van der Waals surface area contributed by atoms with E-state index in [9.17, 15) is 4.79 Å². The Morgan fingerprint density at radius 3 is 2.39 bits per heavy atom. The lowest BCUT2D eigenvalue weighted by atomic mass is 10.2. The molecule has 0 N–H and O–H groups in total. The van der Waals surface area contributed by atoms with Gasteiger partial charge in [0.2, 0.25) is 0 Å². The quantitative estimate of drug-likeness (QED) is 0.602. The fourth-order valence-corrected chi connectivity index (χ4v) is 2.62. The normalized spacial score (nSPS) is 12.3. The second kappa shape index (κ2) is 5.45. The Morgan fingerprint density at radius 1 is 1.33 bits per heavy atom. The molecule has 0 heterocycles. The Balaban J connectivity index is 2.95. The first kappa shape index (κ1) is 15.3. The summed E-state index contributed by atoms with van der Waals surface area (Å²) in [5, 5.41) is 0.719. The highest BCUT2D eigenvalue weighted by molar-refractivity contribution is 6.74. The molecule has 0 saturated heterocycles. The molecule has 0 fully saturated rings. The first-order valence-electron chi connectivity index (χ1n) is 6.08. The van der Waals surface area contributed by atoms with Gasteiger partial charge in [0.05, 0.1) is 5.02 Å². The van der Waals surface area contributed by atoms with Crippen molar-refractivity contribution in [1.82, 2.24) is 0 Å². The number of carbonyl (C=O) groups is 1. The number of halogens is 1. The van der Waals surface area contributed by atoms with E-state index in [4.69, 9.17) is 16.0 Å². The van der Waals surface area contributed by atoms with E-state index in [-0.39, 0.29) is 5.04 Å². The third-order valence-electron chi connectivity index (χ3n) is 3.49. The summed E-state index contributed by atoms with van der Waals surface area (Å²) in [4.78, 5) is 10.5. The Morgan fingerprint density at radius 2 is 1.94 bits per heavy atom. The van der Waals surface area contributed by atoms with Gasteiger partial charge in [0.15, 0.2) is 0 Å². The Hall–Kier alpha value is -0.803. The molecule has 18 heavy (non-hydrogen) atoms. The highest BCUT2D eigenvalue weighted by Gasteiger charge is 2.39. The molecule has 0 unspecified atom stereocenters. The van der Waals surface area contributed by atoms with E-state index in [0.717, 1.165) is 17.6 Å². The largest absolute Gasteiger partial charge is 0.543 e. The van der Waals surface area contributed by atoms with Gasteiger partial charge in [-0.1, -0.05) is 38.4 Å². The second-order valence-corrected chi connectivity index (χ2v) is 11.1. The molecule has 0 aliphatic heterocycles. The second-order valence-electron chi connectivity index (χ2n) is 6.00. The SMILES string of the molecule is CC(C)(C)[Si](C)(C)Oc1ccc(CC=O)cc1Cl. The van der Waals surface area contributed by atoms with E-state index in [1.54, 1.807) is 6.07 Å². The van der Waals surface area contributed by atoms with Crippen molar-refractivity contribution >= 4 is 26.2 Å². The number of aldehydes is 1. The molecule has 1 aromatic rings. The van der Waals surface area contributed by atoms with Gasteiger partial charge in [0.25, 0.3) is 8.32 Å². The fraction of sp³-hybridized carbons (Fsp3) is 0.500. The Bertz CT molecular complexity index is 436. The van der Waals surface area contributed by atoms with E-state index in [1.165, 1.54) is 0 Å². The molecule has 0 saturated carbocycles. The van der Waals surface area contributed by atoms with Crippen LogP contribution in [-0.4, -0.2) is 14.6 Å². The summed E-state index contributed by atoms with van der Waals surface area (Å²) < 4.78 is 6.15. The van der Waals surface area contributed by atoms with Crippen molar-refractivity contribution < 1.29 is 9.22 Å². The smallest absolute Gasteiger partial charge is 0.250 e. The molecule has 4 heteroatoms. The standard InChI is InChI=1S/C14H21ClO2Si/c1-14(2,3)18(4,5)17-13-7-6-11(8-9-16)10-12(13)15/h6-7,9-10H,8H2,1-5H3. The van der Waals surface area contributed by atoms with Gasteiger partial charge in [0, 0.05) is 6.42 Å². The van der Waals surface area contributed by atoms with Gasteiger partial charge in [-0.25, -0.2) is 0 Å². The molecule has 0 amide bonds. The lowest BCUT2D eigenvalue weighted by Crippen LogP contribution is -2.43. The third-order valence-corrected chi connectivity index (χ3v) is 8.12. The van der Waals surface area contributed by atoms with E-state index >= 15 is 0 Å². The van der Waals surface area contributed by atoms with Crippen LogP contribution in [0.15, 0.2) is 18.2 Å². The molecule has 1 aromatic carbocycles. The number of hydrogen-bond acceptors (Lipinski definition) is 2. The van der Waals surface area contributed by atoms with Crippen LogP contribution in [0.3, 0.4) is 0 Å².